The number of fused-ring (bicyclic) bond motifs is 2. The summed E-state index contributed by atoms with van der Waals surface area (Å²) >= 11 is 0. The Labute approximate surface area is 162 Å². The highest BCUT2D eigenvalue weighted by atomic mass is 16.6. The normalized spacial score (nSPS) is 18.3. The van der Waals surface area contributed by atoms with Gasteiger partial charge in [0.2, 0.25) is 6.10 Å². The van der Waals surface area contributed by atoms with Crippen LogP contribution in [-0.2, 0) is 17.8 Å². The molecule has 2 aliphatic heterocycles. The van der Waals surface area contributed by atoms with Crippen LogP contribution in [0.3, 0.4) is 0 Å². The van der Waals surface area contributed by atoms with Crippen LogP contribution in [0.4, 0.5) is 0 Å². The molecule has 1 aromatic heterocycles. The lowest BCUT2D eigenvalue weighted by Gasteiger charge is -2.30. The van der Waals surface area contributed by atoms with Gasteiger partial charge < -0.3 is 18.9 Å². The molecule has 1 amide bonds. The summed E-state index contributed by atoms with van der Waals surface area (Å²) in [6, 6.07) is 17.4. The standard InChI is InChI=1S/C21H20N4O3/c26-21(18-14-27-16-8-4-5-9-17(16)28-18)24-11-10-19-22-23-20(25(19)13-12-24)15-6-2-1-3-7-15/h1-9,18H,10-14H2/t18-/m1/s1. The maximum absolute atomic E-state index is 13.0. The molecule has 7 heteroatoms. The van der Waals surface area contributed by atoms with Crippen LogP contribution in [0.25, 0.3) is 11.4 Å². The molecule has 0 spiro atoms. The summed E-state index contributed by atoms with van der Waals surface area (Å²) in [5, 5.41) is 8.71. The van der Waals surface area contributed by atoms with Crippen LogP contribution < -0.4 is 9.47 Å². The number of benzene rings is 2. The van der Waals surface area contributed by atoms with Gasteiger partial charge in [-0.15, -0.1) is 10.2 Å². The maximum atomic E-state index is 13.0. The summed E-state index contributed by atoms with van der Waals surface area (Å²) in [5.41, 5.74) is 1.03. The molecular weight excluding hydrogens is 356 g/mol. The third-order valence-electron chi connectivity index (χ3n) is 5.15. The molecule has 5 rings (SSSR count). The van der Waals surface area contributed by atoms with Crippen molar-refractivity contribution in [2.75, 3.05) is 19.7 Å². The highest BCUT2D eigenvalue weighted by Gasteiger charge is 2.32. The van der Waals surface area contributed by atoms with E-state index in [9.17, 15) is 4.79 Å². The third kappa shape index (κ3) is 2.98. The quantitative estimate of drug-likeness (QED) is 0.686. The summed E-state index contributed by atoms with van der Waals surface area (Å²) in [7, 11) is 0. The van der Waals surface area contributed by atoms with E-state index in [1.807, 2.05) is 59.5 Å². The molecule has 0 aliphatic carbocycles. The van der Waals surface area contributed by atoms with Gasteiger partial charge in [0.25, 0.3) is 5.91 Å². The molecule has 7 nitrogen and oxygen atoms in total. The predicted molar refractivity (Wildman–Crippen MR) is 102 cm³/mol. The molecule has 0 N–H and O–H groups in total. The molecule has 3 aromatic rings. The van der Waals surface area contributed by atoms with Crippen molar-refractivity contribution >= 4 is 5.91 Å². The van der Waals surface area contributed by atoms with Crippen LogP contribution in [-0.4, -0.2) is 51.4 Å². The van der Waals surface area contributed by atoms with E-state index in [0.717, 1.165) is 17.2 Å². The summed E-state index contributed by atoms with van der Waals surface area (Å²) in [5.74, 6) is 3.00. The molecule has 28 heavy (non-hydrogen) atoms. The number of nitrogens with zero attached hydrogens (tertiary/aromatic N) is 4. The minimum Gasteiger partial charge on any atom is -0.485 e. The van der Waals surface area contributed by atoms with Crippen molar-refractivity contribution in [3.63, 3.8) is 0 Å². The molecule has 0 unspecified atom stereocenters. The summed E-state index contributed by atoms with van der Waals surface area (Å²) in [4.78, 5) is 14.9. The Kier molecular flexibility index (Phi) is 4.20. The van der Waals surface area contributed by atoms with E-state index in [-0.39, 0.29) is 12.5 Å². The fraction of sp³-hybridized carbons (Fsp3) is 0.286. The second kappa shape index (κ2) is 6.99. The predicted octanol–water partition coefficient (Wildman–Crippen LogP) is 2.17. The Balaban J connectivity index is 1.31. The van der Waals surface area contributed by atoms with Crippen molar-refractivity contribution in [2.45, 2.75) is 19.1 Å². The lowest BCUT2D eigenvalue weighted by atomic mass is 10.2. The first kappa shape index (κ1) is 16.8. The van der Waals surface area contributed by atoms with E-state index in [4.69, 9.17) is 9.47 Å². The van der Waals surface area contributed by atoms with Crippen LogP contribution in [0, 0.1) is 0 Å². The number of hydrogen-bond donors (Lipinski definition) is 0. The van der Waals surface area contributed by atoms with E-state index in [1.54, 1.807) is 0 Å². The van der Waals surface area contributed by atoms with Crippen molar-refractivity contribution in [2.24, 2.45) is 0 Å². The zero-order valence-corrected chi connectivity index (χ0v) is 15.3. The number of carbonyl (C=O) groups excluding carboxylic acids is 1. The van der Waals surface area contributed by atoms with E-state index >= 15 is 0 Å². The molecular formula is C21H20N4O3. The van der Waals surface area contributed by atoms with Gasteiger partial charge in [-0.1, -0.05) is 42.5 Å². The number of hydrogen-bond acceptors (Lipinski definition) is 5. The number of para-hydroxylation sites is 2. The van der Waals surface area contributed by atoms with Crippen molar-refractivity contribution < 1.29 is 14.3 Å². The average molecular weight is 376 g/mol. The van der Waals surface area contributed by atoms with E-state index < -0.39 is 6.10 Å². The van der Waals surface area contributed by atoms with Crippen molar-refractivity contribution in [1.82, 2.24) is 19.7 Å². The first-order chi connectivity index (χ1) is 13.8. The van der Waals surface area contributed by atoms with Crippen LogP contribution >= 0.6 is 0 Å². The largest absolute Gasteiger partial charge is 0.485 e. The summed E-state index contributed by atoms with van der Waals surface area (Å²) in [6.45, 7) is 2.06. The highest BCUT2D eigenvalue weighted by molar-refractivity contribution is 5.82. The molecule has 1 atom stereocenters. The lowest BCUT2D eigenvalue weighted by Crippen LogP contribution is -2.47. The molecule has 0 bridgehead atoms. The molecule has 3 heterocycles. The zero-order valence-electron chi connectivity index (χ0n) is 15.3. The number of ether oxygens (including phenoxy) is 2. The Bertz CT molecular complexity index is 1000. The molecule has 0 fully saturated rings. The van der Waals surface area contributed by atoms with Crippen molar-refractivity contribution in [3.05, 3.63) is 60.4 Å². The second-order valence-electron chi connectivity index (χ2n) is 6.90. The van der Waals surface area contributed by atoms with Gasteiger partial charge in [-0.25, -0.2) is 0 Å². The molecule has 2 aromatic carbocycles. The number of rotatable bonds is 2. The van der Waals surface area contributed by atoms with Gasteiger partial charge in [0.05, 0.1) is 0 Å². The molecule has 0 radical (unpaired) electrons. The van der Waals surface area contributed by atoms with Gasteiger partial charge in [-0.3, -0.25) is 4.79 Å². The minimum absolute atomic E-state index is 0.0468. The Morgan fingerprint density at radius 2 is 1.71 bits per heavy atom. The van der Waals surface area contributed by atoms with Crippen LogP contribution in [0.2, 0.25) is 0 Å². The number of carbonyl (C=O) groups is 1. The van der Waals surface area contributed by atoms with Crippen LogP contribution in [0.1, 0.15) is 5.82 Å². The monoisotopic (exact) mass is 376 g/mol. The topological polar surface area (TPSA) is 69.5 Å². The first-order valence-corrected chi connectivity index (χ1v) is 9.44. The Morgan fingerprint density at radius 1 is 0.929 bits per heavy atom. The van der Waals surface area contributed by atoms with E-state index in [1.165, 1.54) is 0 Å². The fourth-order valence-electron chi connectivity index (χ4n) is 3.69. The van der Waals surface area contributed by atoms with Gasteiger partial charge in [-0.2, -0.15) is 0 Å². The minimum atomic E-state index is -0.618. The van der Waals surface area contributed by atoms with Crippen LogP contribution in [0.15, 0.2) is 54.6 Å². The summed E-state index contributed by atoms with van der Waals surface area (Å²) in [6.07, 6.45) is 0.0440. The molecule has 0 saturated heterocycles. The van der Waals surface area contributed by atoms with Crippen LogP contribution in [0.5, 0.6) is 11.5 Å². The third-order valence-corrected chi connectivity index (χ3v) is 5.15. The fourth-order valence-corrected chi connectivity index (χ4v) is 3.69. The van der Waals surface area contributed by atoms with Crippen molar-refractivity contribution in [3.8, 4) is 22.9 Å². The molecule has 142 valence electrons. The summed E-state index contributed by atoms with van der Waals surface area (Å²) < 4.78 is 13.7. The average Bonchev–Trinajstić information content (AvgIpc) is 3.05. The molecule has 0 saturated carbocycles. The maximum Gasteiger partial charge on any atom is 0.267 e. The van der Waals surface area contributed by atoms with E-state index in [0.29, 0.717) is 37.6 Å². The zero-order chi connectivity index (χ0) is 18.9. The smallest absolute Gasteiger partial charge is 0.267 e. The van der Waals surface area contributed by atoms with Gasteiger partial charge in [0.15, 0.2) is 17.3 Å². The first-order valence-electron chi connectivity index (χ1n) is 9.44. The van der Waals surface area contributed by atoms with Gasteiger partial charge in [-0.05, 0) is 12.1 Å². The second-order valence-corrected chi connectivity index (χ2v) is 6.90. The Morgan fingerprint density at radius 3 is 2.57 bits per heavy atom. The van der Waals surface area contributed by atoms with Gasteiger partial charge in [0.1, 0.15) is 12.4 Å². The number of amides is 1. The highest BCUT2D eigenvalue weighted by Crippen LogP contribution is 2.31. The van der Waals surface area contributed by atoms with Gasteiger partial charge in [0, 0.05) is 31.6 Å². The Hall–Kier alpha value is -3.35. The van der Waals surface area contributed by atoms with E-state index in [2.05, 4.69) is 14.8 Å². The number of aromatic nitrogens is 3. The lowest BCUT2D eigenvalue weighted by molar-refractivity contribution is -0.141. The van der Waals surface area contributed by atoms with Crippen molar-refractivity contribution in [1.29, 1.82) is 0 Å². The van der Waals surface area contributed by atoms with Gasteiger partial charge >= 0.3 is 0 Å². The SMILES string of the molecule is O=C([C@H]1COc2ccccc2O1)N1CCc2nnc(-c3ccccc3)n2CC1. The molecule has 2 aliphatic rings.